The molecule has 2 aromatic rings. The fourth-order valence-corrected chi connectivity index (χ4v) is 2.79. The first-order valence-corrected chi connectivity index (χ1v) is 7.60. The van der Waals surface area contributed by atoms with Gasteiger partial charge in [0.15, 0.2) is 0 Å². The number of amides is 1. The molecule has 2 rings (SSSR count). The molecule has 106 valence electrons. The Hall–Kier alpha value is -1.88. The minimum Gasteiger partial charge on any atom is -0.385 e. The van der Waals surface area contributed by atoms with E-state index in [1.54, 1.807) is 23.7 Å². The lowest BCUT2D eigenvalue weighted by atomic mass is 10.2. The number of carbonyl (C=O) groups excluding carboxylic acids is 1. The van der Waals surface area contributed by atoms with Crippen LogP contribution >= 0.6 is 11.3 Å². The van der Waals surface area contributed by atoms with E-state index in [2.05, 4.69) is 34.7 Å². The molecule has 0 radical (unpaired) electrons. The molecule has 0 saturated heterocycles. The van der Waals surface area contributed by atoms with Gasteiger partial charge in [-0.3, -0.25) is 9.78 Å². The number of anilines is 1. The number of aryl methyl sites for hydroxylation is 1. The highest BCUT2D eigenvalue weighted by Crippen LogP contribution is 2.17. The lowest BCUT2D eigenvalue weighted by Gasteiger charge is -2.09. The molecule has 0 unspecified atom stereocenters. The summed E-state index contributed by atoms with van der Waals surface area (Å²) in [6.45, 7) is 5.46. The smallest absolute Gasteiger partial charge is 0.255 e. The summed E-state index contributed by atoms with van der Waals surface area (Å²) >= 11 is 1.74. The van der Waals surface area contributed by atoms with E-state index in [9.17, 15) is 4.79 Å². The second-order valence-electron chi connectivity index (χ2n) is 4.36. The molecule has 1 amide bonds. The summed E-state index contributed by atoms with van der Waals surface area (Å²) in [5, 5.41) is 6.11. The van der Waals surface area contributed by atoms with Gasteiger partial charge in [0.1, 0.15) is 0 Å². The summed E-state index contributed by atoms with van der Waals surface area (Å²) in [6.07, 6.45) is 4.31. The average Bonchev–Trinajstić information content (AvgIpc) is 2.94. The minimum absolute atomic E-state index is 0.0968. The molecule has 0 bridgehead atoms. The number of nitrogens with one attached hydrogen (secondary N) is 2. The molecule has 20 heavy (non-hydrogen) atoms. The van der Waals surface area contributed by atoms with Gasteiger partial charge in [0.2, 0.25) is 0 Å². The molecule has 0 aromatic carbocycles. The second-order valence-corrected chi connectivity index (χ2v) is 5.61. The Morgan fingerprint density at radius 1 is 1.25 bits per heavy atom. The predicted molar refractivity (Wildman–Crippen MR) is 83.3 cm³/mol. The number of thiophene rings is 1. The summed E-state index contributed by atoms with van der Waals surface area (Å²) in [7, 11) is 0. The highest BCUT2D eigenvalue weighted by molar-refractivity contribution is 7.11. The monoisotopic (exact) mass is 289 g/mol. The van der Waals surface area contributed by atoms with Crippen LogP contribution in [0.15, 0.2) is 30.6 Å². The van der Waals surface area contributed by atoms with E-state index in [0.29, 0.717) is 12.1 Å². The Kier molecular flexibility index (Phi) is 5.12. The van der Waals surface area contributed by atoms with Crippen LogP contribution < -0.4 is 10.6 Å². The van der Waals surface area contributed by atoms with Gasteiger partial charge in [-0.1, -0.05) is 6.92 Å². The number of carbonyl (C=O) groups is 1. The van der Waals surface area contributed by atoms with Gasteiger partial charge in [-0.25, -0.2) is 0 Å². The first-order valence-electron chi connectivity index (χ1n) is 6.78. The van der Waals surface area contributed by atoms with Crippen molar-refractivity contribution in [1.82, 2.24) is 10.3 Å². The molecule has 0 aliphatic heterocycles. The molecule has 5 heteroatoms. The summed E-state index contributed by atoms with van der Waals surface area (Å²) in [5.41, 5.74) is 1.40. The van der Waals surface area contributed by atoms with E-state index in [-0.39, 0.29) is 5.91 Å². The average molecular weight is 289 g/mol. The van der Waals surface area contributed by atoms with Crippen LogP contribution in [0.25, 0.3) is 0 Å². The fourth-order valence-electron chi connectivity index (χ4n) is 1.89. The Morgan fingerprint density at radius 2 is 2.05 bits per heavy atom. The topological polar surface area (TPSA) is 54.0 Å². The molecule has 2 aromatic heterocycles. The van der Waals surface area contributed by atoms with Gasteiger partial charge in [-0.2, -0.15) is 0 Å². The molecule has 0 fully saturated rings. The first-order chi connectivity index (χ1) is 9.74. The zero-order valence-electron chi connectivity index (χ0n) is 11.8. The SMILES string of the molecule is CCNc1ccncc1C(=O)NCc1ccc(CC)s1. The van der Waals surface area contributed by atoms with Crippen molar-refractivity contribution in [3.05, 3.63) is 45.9 Å². The molecule has 2 N–H and O–H groups in total. The van der Waals surface area contributed by atoms with Gasteiger partial charge >= 0.3 is 0 Å². The van der Waals surface area contributed by atoms with Gasteiger partial charge in [0.25, 0.3) is 5.91 Å². The molecule has 0 aliphatic carbocycles. The van der Waals surface area contributed by atoms with Crippen molar-refractivity contribution >= 4 is 22.9 Å². The van der Waals surface area contributed by atoms with Crippen molar-refractivity contribution in [2.75, 3.05) is 11.9 Å². The lowest BCUT2D eigenvalue weighted by Crippen LogP contribution is -2.23. The number of aromatic nitrogens is 1. The van der Waals surface area contributed by atoms with Crippen LogP contribution in [0, 0.1) is 0 Å². The maximum Gasteiger partial charge on any atom is 0.255 e. The minimum atomic E-state index is -0.0968. The quantitative estimate of drug-likeness (QED) is 0.859. The normalized spacial score (nSPS) is 10.3. The van der Waals surface area contributed by atoms with Crippen LogP contribution in [0.1, 0.15) is 34.0 Å². The Labute approximate surface area is 123 Å². The molecule has 4 nitrogen and oxygen atoms in total. The third-order valence-corrected chi connectivity index (χ3v) is 4.15. The molecule has 0 atom stereocenters. The van der Waals surface area contributed by atoms with Gasteiger partial charge in [-0.15, -0.1) is 11.3 Å². The molecule has 0 spiro atoms. The van der Waals surface area contributed by atoms with Crippen molar-refractivity contribution in [3.8, 4) is 0 Å². The van der Waals surface area contributed by atoms with E-state index in [1.807, 2.05) is 13.0 Å². The van der Waals surface area contributed by atoms with E-state index < -0.39 is 0 Å². The Bertz CT molecular complexity index is 580. The van der Waals surface area contributed by atoms with Crippen LogP contribution in [0.2, 0.25) is 0 Å². The largest absolute Gasteiger partial charge is 0.385 e. The summed E-state index contributed by atoms with van der Waals surface area (Å²) in [5.74, 6) is -0.0968. The number of hydrogen-bond acceptors (Lipinski definition) is 4. The highest BCUT2D eigenvalue weighted by atomic mass is 32.1. The van der Waals surface area contributed by atoms with Crippen LogP contribution in [0.5, 0.6) is 0 Å². The number of hydrogen-bond donors (Lipinski definition) is 2. The van der Waals surface area contributed by atoms with E-state index >= 15 is 0 Å². The second kappa shape index (κ2) is 7.05. The molecular weight excluding hydrogens is 270 g/mol. The van der Waals surface area contributed by atoms with Crippen molar-refractivity contribution in [2.45, 2.75) is 26.8 Å². The third kappa shape index (κ3) is 3.57. The van der Waals surface area contributed by atoms with Gasteiger partial charge < -0.3 is 10.6 Å². The van der Waals surface area contributed by atoms with Crippen LogP contribution in [-0.2, 0) is 13.0 Å². The van der Waals surface area contributed by atoms with Crippen LogP contribution in [-0.4, -0.2) is 17.4 Å². The molecule has 0 saturated carbocycles. The van der Waals surface area contributed by atoms with E-state index in [0.717, 1.165) is 18.7 Å². The Balaban J connectivity index is 2.01. The van der Waals surface area contributed by atoms with Crippen LogP contribution in [0.3, 0.4) is 0 Å². The first kappa shape index (κ1) is 14.5. The predicted octanol–water partition coefficient (Wildman–Crippen LogP) is 3.07. The summed E-state index contributed by atoms with van der Waals surface area (Å²) < 4.78 is 0. The zero-order valence-corrected chi connectivity index (χ0v) is 12.6. The maximum absolute atomic E-state index is 12.2. The maximum atomic E-state index is 12.2. The fraction of sp³-hybridized carbons (Fsp3) is 0.333. The summed E-state index contributed by atoms with van der Waals surface area (Å²) in [6, 6.07) is 6.00. The molecular formula is C15H19N3OS. The molecule has 0 aliphatic rings. The zero-order chi connectivity index (χ0) is 14.4. The van der Waals surface area contributed by atoms with Gasteiger partial charge in [0, 0.05) is 28.7 Å². The van der Waals surface area contributed by atoms with Crippen molar-refractivity contribution < 1.29 is 4.79 Å². The van der Waals surface area contributed by atoms with Crippen molar-refractivity contribution in [3.63, 3.8) is 0 Å². The summed E-state index contributed by atoms with van der Waals surface area (Å²) in [4.78, 5) is 18.7. The van der Waals surface area contributed by atoms with Gasteiger partial charge in [-0.05, 0) is 31.5 Å². The lowest BCUT2D eigenvalue weighted by molar-refractivity contribution is 0.0952. The Morgan fingerprint density at radius 3 is 2.75 bits per heavy atom. The van der Waals surface area contributed by atoms with Crippen LogP contribution in [0.4, 0.5) is 5.69 Å². The number of pyridine rings is 1. The highest BCUT2D eigenvalue weighted by Gasteiger charge is 2.11. The van der Waals surface area contributed by atoms with Gasteiger partial charge in [0.05, 0.1) is 17.8 Å². The van der Waals surface area contributed by atoms with Crippen molar-refractivity contribution in [1.29, 1.82) is 0 Å². The number of nitrogens with zero attached hydrogens (tertiary/aromatic N) is 1. The third-order valence-electron chi connectivity index (χ3n) is 2.92. The standard InChI is InChI=1S/C15H19N3OS/c1-3-11-5-6-12(20-11)9-18-15(19)13-10-16-8-7-14(13)17-4-2/h5-8,10H,3-4,9H2,1-2H3,(H,16,17)(H,18,19). The van der Waals surface area contributed by atoms with E-state index in [1.165, 1.54) is 9.75 Å². The molecule has 2 heterocycles. The van der Waals surface area contributed by atoms with Crippen molar-refractivity contribution in [2.24, 2.45) is 0 Å². The van der Waals surface area contributed by atoms with E-state index in [4.69, 9.17) is 0 Å². The number of rotatable bonds is 6.